The Morgan fingerprint density at radius 3 is 2.00 bits per heavy atom. The molecule has 0 aromatic rings. The molecule has 0 aromatic heterocycles. The second-order valence-electron chi connectivity index (χ2n) is 2.07. The van der Waals surface area contributed by atoms with Crippen LogP contribution < -0.4 is 29.6 Å². The molecule has 0 atom stereocenters. The summed E-state index contributed by atoms with van der Waals surface area (Å²) >= 11 is 0. The molecule has 0 saturated carbocycles. The van der Waals surface area contributed by atoms with Crippen molar-refractivity contribution < 1.29 is 61.4 Å². The van der Waals surface area contributed by atoms with Gasteiger partial charge in [0.15, 0.2) is 0 Å². The van der Waals surface area contributed by atoms with Crippen LogP contribution in [0.5, 0.6) is 0 Å². The van der Waals surface area contributed by atoms with Crippen LogP contribution in [0, 0.1) is 6.92 Å². The Morgan fingerprint density at radius 1 is 1.38 bits per heavy atom. The van der Waals surface area contributed by atoms with Crippen LogP contribution in [0.15, 0.2) is 12.7 Å². The van der Waals surface area contributed by atoms with Crippen molar-refractivity contribution in [1.29, 1.82) is 0 Å². The Bertz CT molecular complexity index is 322. The molecule has 88 valence electrons. The van der Waals surface area contributed by atoms with Crippen LogP contribution in [0.2, 0.25) is 0 Å². The SMILES string of the molecule is C=C[CH2-].O=C(O)CCC(=O)OS(=O)(=O)O.[Na+]. The minimum absolute atomic E-state index is 0. The van der Waals surface area contributed by atoms with E-state index in [1.807, 2.05) is 0 Å². The van der Waals surface area contributed by atoms with Crippen molar-refractivity contribution in [2.45, 2.75) is 12.8 Å². The van der Waals surface area contributed by atoms with Gasteiger partial charge in [-0.2, -0.15) is 8.42 Å². The standard InChI is InChI=1S/C4H6O7S.C3H5.Na/c5-3(6)1-2-4(7)11-12(8,9)10;1-3-2;/h1-2H2,(H,5,6)(H,8,9,10);3H,1-2H2;/q;-1;+1. The second-order valence-corrected chi connectivity index (χ2v) is 3.09. The number of carbonyl (C=O) groups excluding carboxylic acids is 1. The van der Waals surface area contributed by atoms with Crippen LogP contribution in [-0.2, 0) is 24.2 Å². The number of rotatable bonds is 4. The molecule has 0 aliphatic rings. The van der Waals surface area contributed by atoms with E-state index < -0.39 is 35.2 Å². The van der Waals surface area contributed by atoms with Gasteiger partial charge >= 0.3 is 51.9 Å². The van der Waals surface area contributed by atoms with Gasteiger partial charge in [0.25, 0.3) is 0 Å². The van der Waals surface area contributed by atoms with Crippen molar-refractivity contribution in [2.75, 3.05) is 0 Å². The van der Waals surface area contributed by atoms with E-state index in [1.165, 1.54) is 6.08 Å². The summed E-state index contributed by atoms with van der Waals surface area (Å²) in [4.78, 5) is 20.2. The molecule has 0 bridgehead atoms. The third-order valence-corrected chi connectivity index (χ3v) is 1.14. The average molecular weight is 262 g/mol. The zero-order chi connectivity index (χ0) is 12.5. The average Bonchev–Trinajstić information content (AvgIpc) is 1.99. The minimum atomic E-state index is -4.81. The van der Waals surface area contributed by atoms with E-state index in [1.54, 1.807) is 0 Å². The van der Waals surface area contributed by atoms with E-state index in [-0.39, 0.29) is 29.6 Å². The Morgan fingerprint density at radius 2 is 1.75 bits per heavy atom. The summed E-state index contributed by atoms with van der Waals surface area (Å²) < 4.78 is 31.1. The van der Waals surface area contributed by atoms with Gasteiger partial charge in [-0.25, -0.2) is 19.6 Å². The van der Waals surface area contributed by atoms with Gasteiger partial charge in [0.05, 0.1) is 12.8 Å². The summed E-state index contributed by atoms with van der Waals surface area (Å²) in [5.74, 6) is -2.57. The minimum Gasteiger partial charge on any atom is -0.481 e. The molecule has 0 saturated heterocycles. The van der Waals surface area contributed by atoms with E-state index in [4.69, 9.17) is 9.66 Å². The van der Waals surface area contributed by atoms with Gasteiger partial charge in [0.1, 0.15) is 0 Å². The number of aliphatic carboxylic acids is 1. The van der Waals surface area contributed by atoms with E-state index in [0.717, 1.165) is 0 Å². The molecule has 2 N–H and O–H groups in total. The normalized spacial score (nSPS) is 8.81. The van der Waals surface area contributed by atoms with Gasteiger partial charge < -0.3 is 9.29 Å². The van der Waals surface area contributed by atoms with E-state index in [2.05, 4.69) is 17.7 Å². The molecule has 0 rings (SSSR count). The van der Waals surface area contributed by atoms with Crippen LogP contribution in [-0.4, -0.2) is 30.0 Å². The molecule has 7 nitrogen and oxygen atoms in total. The first-order valence-electron chi connectivity index (χ1n) is 3.54. The van der Waals surface area contributed by atoms with Gasteiger partial charge in [-0.1, -0.05) is 0 Å². The maximum Gasteiger partial charge on any atom is 1.00 e. The molecule has 9 heteroatoms. The third-order valence-electron chi connectivity index (χ3n) is 0.741. The first kappa shape index (κ1) is 20.8. The van der Waals surface area contributed by atoms with Crippen molar-refractivity contribution in [1.82, 2.24) is 0 Å². The van der Waals surface area contributed by atoms with Gasteiger partial charge in [-0.3, -0.25) is 14.1 Å². The fourth-order valence-electron chi connectivity index (χ4n) is 0.368. The van der Waals surface area contributed by atoms with Gasteiger partial charge in [0, 0.05) is 0 Å². The summed E-state index contributed by atoms with van der Waals surface area (Å²) in [6.07, 6.45) is 0.351. The monoisotopic (exact) mass is 262 g/mol. The Kier molecular flexibility index (Phi) is 14.3. The van der Waals surface area contributed by atoms with E-state index in [9.17, 15) is 18.0 Å². The predicted octanol–water partition coefficient (Wildman–Crippen LogP) is -2.79. The number of allylic oxidation sites excluding steroid dienone is 1. The molecule has 0 radical (unpaired) electrons. The summed E-state index contributed by atoms with van der Waals surface area (Å²) in [5, 5.41) is 8.04. The Balaban J connectivity index is -0.000000377. The summed E-state index contributed by atoms with van der Waals surface area (Å²) in [6.45, 7) is 6.50. The summed E-state index contributed by atoms with van der Waals surface area (Å²) in [7, 11) is -4.81. The van der Waals surface area contributed by atoms with Crippen molar-refractivity contribution in [3.8, 4) is 0 Å². The quantitative estimate of drug-likeness (QED) is 0.319. The Labute approximate surface area is 116 Å². The maximum atomic E-state index is 10.3. The molecular weight excluding hydrogens is 251 g/mol. The zero-order valence-corrected chi connectivity index (χ0v) is 11.6. The largest absolute Gasteiger partial charge is 1.00 e. The predicted molar refractivity (Wildman–Crippen MR) is 50.1 cm³/mol. The maximum absolute atomic E-state index is 10.3. The van der Waals surface area contributed by atoms with Crippen LogP contribution >= 0.6 is 0 Å². The third kappa shape index (κ3) is 23.4. The van der Waals surface area contributed by atoms with Crippen LogP contribution in [0.4, 0.5) is 0 Å². The van der Waals surface area contributed by atoms with Crippen molar-refractivity contribution in [3.05, 3.63) is 19.6 Å². The molecule has 0 aliphatic carbocycles. The molecule has 16 heavy (non-hydrogen) atoms. The fourth-order valence-corrected chi connectivity index (χ4v) is 0.686. The smallest absolute Gasteiger partial charge is 0.481 e. The van der Waals surface area contributed by atoms with Gasteiger partial charge in [0.2, 0.25) is 0 Å². The second kappa shape index (κ2) is 11.0. The zero-order valence-electron chi connectivity index (χ0n) is 8.75. The van der Waals surface area contributed by atoms with E-state index in [0.29, 0.717) is 0 Å². The van der Waals surface area contributed by atoms with Crippen LogP contribution in [0.25, 0.3) is 0 Å². The topological polar surface area (TPSA) is 118 Å². The number of carboxylic acids is 1. The van der Waals surface area contributed by atoms with Crippen LogP contribution in [0.1, 0.15) is 12.8 Å². The number of carboxylic acid groups (broad SMARTS) is 1. The molecule has 0 fully saturated rings. The summed E-state index contributed by atoms with van der Waals surface area (Å²) in [5.41, 5.74) is 0. The molecule has 0 heterocycles. The molecule has 0 amide bonds. The Hall–Kier alpha value is -0.540. The van der Waals surface area contributed by atoms with Crippen molar-refractivity contribution in [3.63, 3.8) is 0 Å². The van der Waals surface area contributed by atoms with E-state index >= 15 is 0 Å². The van der Waals surface area contributed by atoms with Crippen LogP contribution in [0.3, 0.4) is 0 Å². The van der Waals surface area contributed by atoms with Gasteiger partial charge in [-0.15, -0.1) is 0 Å². The fraction of sp³-hybridized carbons (Fsp3) is 0.286. The molecule has 0 spiro atoms. The van der Waals surface area contributed by atoms with Gasteiger partial charge in [-0.05, 0) is 0 Å². The summed E-state index contributed by atoms with van der Waals surface area (Å²) in [6, 6.07) is 0. The number of hydrogen-bond acceptors (Lipinski definition) is 5. The molecule has 0 unspecified atom stereocenters. The first-order valence-corrected chi connectivity index (χ1v) is 4.91. The first-order chi connectivity index (χ1) is 6.72. The number of carbonyl (C=O) groups is 2. The molecular formula is C7H11NaO7S. The van der Waals surface area contributed by atoms with Crippen molar-refractivity contribution >= 4 is 22.3 Å². The van der Waals surface area contributed by atoms with Crippen molar-refractivity contribution in [2.24, 2.45) is 0 Å². The molecule has 0 aliphatic heterocycles. The number of hydrogen-bond donors (Lipinski definition) is 2. The molecule has 0 aromatic carbocycles.